The van der Waals surface area contributed by atoms with Gasteiger partial charge in [-0.05, 0) is 0 Å². The first-order chi connectivity index (χ1) is 4.74. The minimum atomic E-state index is -0.359. The van der Waals surface area contributed by atoms with Crippen LogP contribution < -0.4 is 57.1 Å². The third-order valence-electron chi connectivity index (χ3n) is 1.23. The molecular weight excluding hydrogens is 170 g/mol. The summed E-state index contributed by atoms with van der Waals surface area (Å²) >= 11 is 0. The van der Waals surface area contributed by atoms with Crippen molar-refractivity contribution in [2.45, 2.75) is 6.92 Å². The Bertz CT molecular complexity index is 240. The van der Waals surface area contributed by atoms with E-state index in [1.165, 1.54) is 6.07 Å². The SMILES string of the molecule is C[CH-]c1cc(F)cnc1N.[K+]. The predicted octanol–water partition coefficient (Wildman–Crippen LogP) is -1.62. The topological polar surface area (TPSA) is 38.9 Å². The fraction of sp³-hybridized carbons (Fsp3) is 0.143. The Labute approximate surface area is 108 Å². The van der Waals surface area contributed by atoms with E-state index in [9.17, 15) is 4.39 Å². The molecule has 0 atom stereocenters. The van der Waals surface area contributed by atoms with Crippen LogP contribution in [0.25, 0.3) is 0 Å². The van der Waals surface area contributed by atoms with Gasteiger partial charge in [0.2, 0.25) is 0 Å². The van der Waals surface area contributed by atoms with Gasteiger partial charge in [0.05, 0.1) is 5.82 Å². The first-order valence-corrected chi connectivity index (χ1v) is 2.94. The Morgan fingerprint density at radius 2 is 2.27 bits per heavy atom. The zero-order chi connectivity index (χ0) is 7.56. The minimum Gasteiger partial charge on any atom is -0.434 e. The molecule has 2 nitrogen and oxygen atoms in total. The third-order valence-corrected chi connectivity index (χ3v) is 1.23. The van der Waals surface area contributed by atoms with E-state index in [4.69, 9.17) is 5.73 Å². The van der Waals surface area contributed by atoms with Gasteiger partial charge < -0.3 is 10.7 Å². The van der Waals surface area contributed by atoms with Gasteiger partial charge >= 0.3 is 51.4 Å². The maximum Gasteiger partial charge on any atom is 1.00 e. The van der Waals surface area contributed by atoms with Crippen molar-refractivity contribution in [1.82, 2.24) is 4.98 Å². The molecule has 1 heterocycles. The van der Waals surface area contributed by atoms with Crippen LogP contribution in [-0.4, -0.2) is 4.98 Å². The van der Waals surface area contributed by atoms with E-state index in [2.05, 4.69) is 4.98 Å². The molecule has 0 saturated heterocycles. The number of rotatable bonds is 1. The van der Waals surface area contributed by atoms with Gasteiger partial charge in [0, 0.05) is 12.0 Å². The molecule has 11 heavy (non-hydrogen) atoms. The summed E-state index contributed by atoms with van der Waals surface area (Å²) in [6.45, 7) is 1.78. The molecule has 2 N–H and O–H groups in total. The van der Waals surface area contributed by atoms with Crippen LogP contribution in [0.1, 0.15) is 12.5 Å². The zero-order valence-electron chi connectivity index (χ0n) is 6.63. The first kappa shape index (κ1) is 11.4. The second kappa shape index (κ2) is 5.11. The zero-order valence-corrected chi connectivity index (χ0v) is 9.76. The number of anilines is 1. The largest absolute Gasteiger partial charge is 1.00 e. The predicted molar refractivity (Wildman–Crippen MR) is 37.7 cm³/mol. The summed E-state index contributed by atoms with van der Waals surface area (Å²) in [5, 5.41) is 0. The molecule has 0 aliphatic heterocycles. The van der Waals surface area contributed by atoms with Crippen molar-refractivity contribution in [2.75, 3.05) is 5.73 Å². The minimum absolute atomic E-state index is 0. The monoisotopic (exact) mass is 178 g/mol. The third kappa shape index (κ3) is 3.09. The van der Waals surface area contributed by atoms with E-state index in [0.717, 1.165) is 6.20 Å². The normalized spacial score (nSPS) is 8.55. The van der Waals surface area contributed by atoms with Crippen LogP contribution in [0.4, 0.5) is 10.2 Å². The van der Waals surface area contributed by atoms with E-state index in [0.29, 0.717) is 11.4 Å². The van der Waals surface area contributed by atoms with Gasteiger partial charge in [-0.1, -0.05) is 6.92 Å². The molecule has 1 rings (SSSR count). The standard InChI is InChI=1S/C7H8FN2.K/c1-2-5-3-6(8)4-10-7(5)9;/h2-4H,1H3,(H2,9,10);/q-1;+1. The molecule has 4 heteroatoms. The molecule has 1 aromatic rings. The number of nitrogens with zero attached hydrogens (tertiary/aromatic N) is 1. The second-order valence-electron chi connectivity index (χ2n) is 1.92. The van der Waals surface area contributed by atoms with Gasteiger partial charge in [-0.3, -0.25) is 0 Å². The Hall–Kier alpha value is 0.386. The number of nitrogens with two attached hydrogens (primary N) is 1. The molecule has 0 aliphatic carbocycles. The van der Waals surface area contributed by atoms with Crippen molar-refractivity contribution in [3.8, 4) is 0 Å². The van der Waals surface area contributed by atoms with Crippen molar-refractivity contribution in [2.24, 2.45) is 0 Å². The van der Waals surface area contributed by atoms with Crippen LogP contribution in [-0.2, 0) is 0 Å². The van der Waals surface area contributed by atoms with Crippen molar-refractivity contribution in [1.29, 1.82) is 0 Å². The molecule has 0 unspecified atom stereocenters. The van der Waals surface area contributed by atoms with Crippen molar-refractivity contribution >= 4 is 5.82 Å². The first-order valence-electron chi connectivity index (χ1n) is 2.94. The summed E-state index contributed by atoms with van der Waals surface area (Å²) in [7, 11) is 0. The van der Waals surface area contributed by atoms with Gasteiger partial charge in [-0.2, -0.15) is 6.42 Å². The molecule has 0 fully saturated rings. The molecule has 0 amide bonds. The fourth-order valence-electron chi connectivity index (χ4n) is 0.697. The van der Waals surface area contributed by atoms with E-state index in [1.807, 2.05) is 0 Å². The summed E-state index contributed by atoms with van der Waals surface area (Å²) in [4.78, 5) is 3.62. The number of pyridine rings is 1. The van der Waals surface area contributed by atoms with E-state index in [-0.39, 0.29) is 57.2 Å². The van der Waals surface area contributed by atoms with Gasteiger partial charge in [-0.15, -0.1) is 11.6 Å². The van der Waals surface area contributed by atoms with Crippen LogP contribution >= 0.6 is 0 Å². The molecule has 54 valence electrons. The number of hydrogen-bond donors (Lipinski definition) is 1. The number of nitrogen functional groups attached to an aromatic ring is 1. The molecule has 0 bridgehead atoms. The van der Waals surface area contributed by atoms with Gasteiger partial charge in [-0.25, -0.2) is 4.39 Å². The summed E-state index contributed by atoms with van der Waals surface area (Å²) in [5.74, 6) is 0.00574. The Kier molecular flexibility index (Phi) is 5.29. The summed E-state index contributed by atoms with van der Waals surface area (Å²) in [6.07, 6.45) is 2.81. The Morgan fingerprint density at radius 1 is 1.64 bits per heavy atom. The molecule has 0 saturated carbocycles. The smallest absolute Gasteiger partial charge is 0.434 e. The molecule has 0 aliphatic rings. The van der Waals surface area contributed by atoms with Crippen molar-refractivity contribution in [3.05, 3.63) is 30.1 Å². The van der Waals surface area contributed by atoms with Crippen LogP contribution in [0.3, 0.4) is 0 Å². The number of hydrogen-bond acceptors (Lipinski definition) is 2. The number of aromatic nitrogens is 1. The molecule has 0 spiro atoms. The molecule has 0 radical (unpaired) electrons. The Balaban J connectivity index is 0.000001000. The quantitative estimate of drug-likeness (QED) is 0.415. The summed E-state index contributed by atoms with van der Waals surface area (Å²) < 4.78 is 12.4. The fourth-order valence-corrected chi connectivity index (χ4v) is 0.697. The van der Waals surface area contributed by atoms with Crippen LogP contribution in [0.5, 0.6) is 0 Å². The maximum atomic E-state index is 12.4. The van der Waals surface area contributed by atoms with E-state index >= 15 is 0 Å². The molecule has 0 aromatic carbocycles. The maximum absolute atomic E-state index is 12.4. The van der Waals surface area contributed by atoms with Crippen LogP contribution in [0.15, 0.2) is 12.3 Å². The van der Waals surface area contributed by atoms with Crippen molar-refractivity contribution < 1.29 is 55.8 Å². The van der Waals surface area contributed by atoms with Gasteiger partial charge in [0.25, 0.3) is 0 Å². The van der Waals surface area contributed by atoms with Crippen LogP contribution in [0, 0.1) is 12.2 Å². The van der Waals surface area contributed by atoms with E-state index in [1.54, 1.807) is 13.3 Å². The summed E-state index contributed by atoms with van der Waals surface area (Å²) in [6, 6.07) is 1.35. The summed E-state index contributed by atoms with van der Waals surface area (Å²) in [5.41, 5.74) is 6.03. The van der Waals surface area contributed by atoms with Crippen molar-refractivity contribution in [3.63, 3.8) is 0 Å². The Morgan fingerprint density at radius 3 is 2.73 bits per heavy atom. The average molecular weight is 178 g/mol. The molecule has 1 aromatic heterocycles. The van der Waals surface area contributed by atoms with Gasteiger partial charge in [0.15, 0.2) is 0 Å². The second-order valence-corrected chi connectivity index (χ2v) is 1.92. The average Bonchev–Trinajstić information content (AvgIpc) is 1.94. The van der Waals surface area contributed by atoms with E-state index < -0.39 is 0 Å². The van der Waals surface area contributed by atoms with Crippen LogP contribution in [0.2, 0.25) is 0 Å². The number of halogens is 1. The molecular formula is C7H8FKN2. The van der Waals surface area contributed by atoms with Gasteiger partial charge in [0.1, 0.15) is 0 Å².